The molecule has 0 spiro atoms. The standard InChI is InChI=1S/C12H11BN2O3S/c1-7-11(19-6-14-7)12(16)15-9-3-2-8-5-18-13(17)10(8)4-9/h2-4,6,17H,5H2,1H3,(H,15,16). The first-order chi connectivity index (χ1) is 9.15. The predicted octanol–water partition coefficient (Wildman–Crippen LogP) is 0.922. The van der Waals surface area contributed by atoms with Crippen LogP contribution in [0, 0.1) is 6.92 Å². The van der Waals surface area contributed by atoms with Gasteiger partial charge in [-0.2, -0.15) is 0 Å². The van der Waals surface area contributed by atoms with E-state index in [0.29, 0.717) is 28.3 Å². The Morgan fingerprint density at radius 3 is 3.16 bits per heavy atom. The maximum Gasteiger partial charge on any atom is 0.491 e. The van der Waals surface area contributed by atoms with Gasteiger partial charge >= 0.3 is 7.12 Å². The number of aryl methyl sites for hydroxylation is 1. The summed E-state index contributed by atoms with van der Waals surface area (Å²) in [7, 11) is -0.906. The van der Waals surface area contributed by atoms with Gasteiger partial charge in [-0.05, 0) is 30.1 Å². The molecule has 2 heterocycles. The number of rotatable bonds is 2. The molecule has 5 nitrogen and oxygen atoms in total. The van der Waals surface area contributed by atoms with Crippen LogP contribution in [0.3, 0.4) is 0 Å². The first-order valence-corrected chi connectivity index (χ1v) is 6.67. The molecular weight excluding hydrogens is 263 g/mol. The van der Waals surface area contributed by atoms with Gasteiger partial charge in [0.2, 0.25) is 0 Å². The number of carbonyl (C=O) groups excluding carboxylic acids is 1. The van der Waals surface area contributed by atoms with Crippen LogP contribution in [-0.4, -0.2) is 23.0 Å². The summed E-state index contributed by atoms with van der Waals surface area (Å²) in [5.41, 5.74) is 4.65. The van der Waals surface area contributed by atoms with Gasteiger partial charge in [-0.1, -0.05) is 6.07 Å². The molecule has 0 fully saturated rings. The minimum atomic E-state index is -0.906. The van der Waals surface area contributed by atoms with Crippen molar-refractivity contribution in [1.29, 1.82) is 0 Å². The minimum Gasteiger partial charge on any atom is -0.423 e. The average molecular weight is 274 g/mol. The molecular formula is C12H11BN2O3S. The van der Waals surface area contributed by atoms with E-state index in [0.717, 1.165) is 5.56 Å². The summed E-state index contributed by atoms with van der Waals surface area (Å²) in [6, 6.07) is 5.39. The van der Waals surface area contributed by atoms with Gasteiger partial charge in [0, 0.05) is 5.69 Å². The molecule has 96 valence electrons. The summed E-state index contributed by atoms with van der Waals surface area (Å²) in [5.74, 6) is -0.187. The molecule has 2 N–H and O–H groups in total. The van der Waals surface area contributed by atoms with Crippen molar-refractivity contribution >= 4 is 35.5 Å². The van der Waals surface area contributed by atoms with Gasteiger partial charge in [0.25, 0.3) is 5.91 Å². The second kappa shape index (κ2) is 4.77. The third-order valence-electron chi connectivity index (χ3n) is 3.02. The molecule has 19 heavy (non-hydrogen) atoms. The highest BCUT2D eigenvalue weighted by Crippen LogP contribution is 2.17. The van der Waals surface area contributed by atoms with Crippen LogP contribution in [0.25, 0.3) is 0 Å². The maximum absolute atomic E-state index is 12.0. The molecule has 0 aliphatic carbocycles. The normalized spacial score (nSPS) is 13.5. The Balaban J connectivity index is 1.83. The van der Waals surface area contributed by atoms with Crippen LogP contribution in [0.1, 0.15) is 20.9 Å². The maximum atomic E-state index is 12.0. The summed E-state index contributed by atoms with van der Waals surface area (Å²) in [6.45, 7) is 2.20. The van der Waals surface area contributed by atoms with E-state index in [2.05, 4.69) is 10.3 Å². The molecule has 2 aromatic rings. The molecule has 3 rings (SSSR count). The summed E-state index contributed by atoms with van der Waals surface area (Å²) >= 11 is 1.31. The number of thiazole rings is 1. The number of aromatic nitrogens is 1. The Bertz CT molecular complexity index is 644. The minimum absolute atomic E-state index is 0.187. The van der Waals surface area contributed by atoms with Gasteiger partial charge in [0.15, 0.2) is 0 Å². The number of amides is 1. The lowest BCUT2D eigenvalue weighted by molar-refractivity contribution is 0.103. The zero-order chi connectivity index (χ0) is 13.4. The second-order valence-corrected chi connectivity index (χ2v) is 5.15. The van der Waals surface area contributed by atoms with Crippen LogP contribution in [-0.2, 0) is 11.3 Å². The van der Waals surface area contributed by atoms with Crippen LogP contribution in [0.2, 0.25) is 0 Å². The van der Waals surface area contributed by atoms with Crippen molar-refractivity contribution in [3.8, 4) is 0 Å². The molecule has 1 amide bonds. The molecule has 1 aliphatic heterocycles. The van der Waals surface area contributed by atoms with E-state index in [1.807, 2.05) is 6.07 Å². The zero-order valence-electron chi connectivity index (χ0n) is 10.2. The van der Waals surface area contributed by atoms with Crippen molar-refractivity contribution in [3.63, 3.8) is 0 Å². The van der Waals surface area contributed by atoms with E-state index < -0.39 is 7.12 Å². The lowest BCUT2D eigenvalue weighted by Crippen LogP contribution is -2.28. The number of hydrogen-bond donors (Lipinski definition) is 2. The number of fused-ring (bicyclic) bond motifs is 1. The second-order valence-electron chi connectivity index (χ2n) is 4.30. The summed E-state index contributed by atoms with van der Waals surface area (Å²) in [4.78, 5) is 16.7. The van der Waals surface area contributed by atoms with Gasteiger partial charge in [-0.3, -0.25) is 4.79 Å². The molecule has 0 radical (unpaired) electrons. The Morgan fingerprint density at radius 2 is 2.42 bits per heavy atom. The number of hydrogen-bond acceptors (Lipinski definition) is 5. The van der Waals surface area contributed by atoms with Crippen molar-refractivity contribution in [2.24, 2.45) is 0 Å². The quantitative estimate of drug-likeness (QED) is 0.799. The summed E-state index contributed by atoms with van der Waals surface area (Å²) < 4.78 is 5.11. The first kappa shape index (κ1) is 12.3. The Labute approximate surface area is 114 Å². The summed E-state index contributed by atoms with van der Waals surface area (Å²) in [6.07, 6.45) is 0. The van der Waals surface area contributed by atoms with Crippen LogP contribution in [0.4, 0.5) is 5.69 Å². The SMILES string of the molecule is Cc1ncsc1C(=O)Nc1ccc2c(c1)B(O)OC2. The smallest absolute Gasteiger partial charge is 0.423 e. The fourth-order valence-corrected chi connectivity index (χ4v) is 2.70. The molecule has 0 atom stereocenters. The zero-order valence-corrected chi connectivity index (χ0v) is 11.0. The van der Waals surface area contributed by atoms with Crippen LogP contribution in [0.15, 0.2) is 23.7 Å². The first-order valence-electron chi connectivity index (χ1n) is 5.79. The van der Waals surface area contributed by atoms with Gasteiger partial charge in [0.1, 0.15) is 4.88 Å². The third-order valence-corrected chi connectivity index (χ3v) is 3.95. The Kier molecular flexibility index (Phi) is 3.10. The Morgan fingerprint density at radius 1 is 1.58 bits per heavy atom. The molecule has 7 heteroatoms. The highest BCUT2D eigenvalue weighted by atomic mass is 32.1. The van der Waals surface area contributed by atoms with Crippen molar-refractivity contribution in [1.82, 2.24) is 4.98 Å². The predicted molar refractivity (Wildman–Crippen MR) is 73.6 cm³/mol. The summed E-state index contributed by atoms with van der Waals surface area (Å²) in [5, 5.41) is 12.4. The van der Waals surface area contributed by atoms with Crippen LogP contribution >= 0.6 is 11.3 Å². The number of anilines is 1. The monoisotopic (exact) mass is 274 g/mol. The highest BCUT2D eigenvalue weighted by Gasteiger charge is 2.27. The molecule has 0 unspecified atom stereocenters. The van der Waals surface area contributed by atoms with Gasteiger partial charge in [0.05, 0.1) is 17.8 Å². The molecule has 0 saturated heterocycles. The topological polar surface area (TPSA) is 71.5 Å². The molecule has 0 bridgehead atoms. The van der Waals surface area contributed by atoms with Gasteiger partial charge in [-0.15, -0.1) is 11.3 Å². The van der Waals surface area contributed by atoms with Crippen molar-refractivity contribution in [2.45, 2.75) is 13.5 Å². The van der Waals surface area contributed by atoms with E-state index >= 15 is 0 Å². The largest absolute Gasteiger partial charge is 0.491 e. The van der Waals surface area contributed by atoms with E-state index in [-0.39, 0.29) is 5.91 Å². The fourth-order valence-electron chi connectivity index (χ4n) is 2.00. The number of benzene rings is 1. The van der Waals surface area contributed by atoms with Crippen LogP contribution < -0.4 is 10.8 Å². The van der Waals surface area contributed by atoms with Gasteiger partial charge < -0.3 is 15.0 Å². The molecule has 0 saturated carbocycles. The van der Waals surface area contributed by atoms with E-state index in [1.165, 1.54) is 11.3 Å². The van der Waals surface area contributed by atoms with Crippen molar-refractivity contribution < 1.29 is 14.5 Å². The lowest BCUT2D eigenvalue weighted by atomic mass is 9.79. The molecule has 1 aromatic carbocycles. The number of nitrogens with one attached hydrogen (secondary N) is 1. The van der Waals surface area contributed by atoms with Gasteiger partial charge in [-0.25, -0.2) is 4.98 Å². The van der Waals surface area contributed by atoms with Crippen molar-refractivity contribution in [2.75, 3.05) is 5.32 Å². The number of carbonyl (C=O) groups is 1. The van der Waals surface area contributed by atoms with E-state index in [1.54, 1.807) is 24.6 Å². The highest BCUT2D eigenvalue weighted by molar-refractivity contribution is 7.12. The fraction of sp³-hybridized carbons (Fsp3) is 0.167. The van der Waals surface area contributed by atoms with Crippen molar-refractivity contribution in [3.05, 3.63) is 39.8 Å². The average Bonchev–Trinajstić information content (AvgIpc) is 2.97. The number of nitrogens with zero attached hydrogens (tertiary/aromatic N) is 1. The molecule has 1 aromatic heterocycles. The Hall–Kier alpha value is -1.70. The van der Waals surface area contributed by atoms with Crippen LogP contribution in [0.5, 0.6) is 0 Å². The van der Waals surface area contributed by atoms with E-state index in [9.17, 15) is 9.82 Å². The molecule has 1 aliphatic rings. The van der Waals surface area contributed by atoms with E-state index in [4.69, 9.17) is 4.65 Å². The lowest BCUT2D eigenvalue weighted by Gasteiger charge is -2.06. The third kappa shape index (κ3) is 2.27.